The molecule has 0 aliphatic heterocycles. The molecule has 1 atom stereocenters. The molecular weight excluding hydrogens is 361 g/mol. The first-order valence-corrected chi connectivity index (χ1v) is 8.79. The van der Waals surface area contributed by atoms with Gasteiger partial charge in [-0.1, -0.05) is 20.8 Å². The topological polar surface area (TPSA) is 47.9 Å². The van der Waals surface area contributed by atoms with Crippen LogP contribution >= 0.6 is 0 Å². The second-order valence-electron chi connectivity index (χ2n) is 5.89. The molecule has 0 saturated carbocycles. The second kappa shape index (κ2) is 8.88. The van der Waals surface area contributed by atoms with E-state index in [1.807, 2.05) is 20.8 Å². The fraction of sp³-hybridized carbons (Fsp3) is 0.400. The van der Waals surface area contributed by atoms with Crippen LogP contribution in [0.15, 0.2) is 36.4 Å². The molecule has 0 radical (unpaired) electrons. The number of ether oxygens (including phenoxy) is 3. The largest absolute Gasteiger partial charge is 0.573 e. The number of aromatic hydroxyl groups is 1. The zero-order valence-electron chi connectivity index (χ0n) is 15.5. The van der Waals surface area contributed by atoms with Crippen LogP contribution in [0.1, 0.15) is 38.3 Å². The van der Waals surface area contributed by atoms with Gasteiger partial charge < -0.3 is 19.3 Å². The number of phenols is 1. The lowest BCUT2D eigenvalue weighted by Crippen LogP contribution is -2.24. The minimum Gasteiger partial charge on any atom is -0.508 e. The molecule has 0 spiro atoms. The first-order chi connectivity index (χ1) is 12.8. The molecule has 0 aromatic heterocycles. The Morgan fingerprint density at radius 2 is 1.41 bits per heavy atom. The molecule has 1 N–H and O–H groups in total. The minimum absolute atomic E-state index is 0.185. The molecule has 0 aliphatic carbocycles. The Kier molecular flexibility index (Phi) is 6.82. The lowest BCUT2D eigenvalue weighted by atomic mass is 10.0. The number of halogens is 3. The van der Waals surface area contributed by atoms with Crippen LogP contribution in [0.5, 0.6) is 23.0 Å². The third kappa shape index (κ3) is 5.98. The van der Waals surface area contributed by atoms with E-state index in [-0.39, 0.29) is 11.5 Å². The average molecular weight is 384 g/mol. The lowest BCUT2D eigenvalue weighted by molar-refractivity contribution is -0.274. The van der Waals surface area contributed by atoms with Crippen molar-refractivity contribution < 1.29 is 32.5 Å². The summed E-state index contributed by atoms with van der Waals surface area (Å²) in [7, 11) is 0. The van der Waals surface area contributed by atoms with Crippen LogP contribution in [0.2, 0.25) is 0 Å². The van der Waals surface area contributed by atoms with Gasteiger partial charge in [-0.2, -0.15) is 0 Å². The summed E-state index contributed by atoms with van der Waals surface area (Å²) >= 11 is 0. The Morgan fingerprint density at radius 1 is 0.889 bits per heavy atom. The normalized spacial score (nSPS) is 12.5. The zero-order chi connectivity index (χ0) is 20.0. The summed E-state index contributed by atoms with van der Waals surface area (Å²) in [5.41, 5.74) is 1.73. The third-order valence-electron chi connectivity index (χ3n) is 3.90. The summed E-state index contributed by atoms with van der Waals surface area (Å²) in [6, 6.07) is 8.47. The number of phenolic OH excluding ortho intramolecular Hbond substituents is 1. The molecule has 0 heterocycles. The van der Waals surface area contributed by atoms with Crippen LogP contribution in [0.3, 0.4) is 0 Å². The molecule has 2 aromatic rings. The van der Waals surface area contributed by atoms with E-state index < -0.39 is 12.7 Å². The van der Waals surface area contributed by atoms with Gasteiger partial charge in [-0.05, 0) is 60.4 Å². The number of aryl methyl sites for hydroxylation is 2. The number of hydrogen-bond donors (Lipinski definition) is 1. The maximum absolute atomic E-state index is 12.2. The highest BCUT2D eigenvalue weighted by Crippen LogP contribution is 2.32. The lowest BCUT2D eigenvalue weighted by Gasteiger charge is -2.23. The maximum atomic E-state index is 12.2. The Labute approximate surface area is 156 Å². The van der Waals surface area contributed by atoms with E-state index >= 15 is 0 Å². The van der Waals surface area contributed by atoms with Gasteiger partial charge in [0.15, 0.2) is 0 Å². The molecular formula is C20H23F3O4. The van der Waals surface area contributed by atoms with Crippen LogP contribution in [0.4, 0.5) is 13.2 Å². The molecule has 2 rings (SSSR count). The van der Waals surface area contributed by atoms with Crippen molar-refractivity contribution in [3.8, 4) is 23.0 Å². The molecule has 4 nitrogen and oxygen atoms in total. The highest BCUT2D eigenvalue weighted by atomic mass is 19.4. The standard InChI is InChI=1S/C20H23F3O4/c1-4-13-11-15(24)12-14(5-2)19(13)26-18(6-3)25-16-7-9-17(10-8-16)27-20(21,22)23/h7-12,18,24H,4-6H2,1-3H3. The summed E-state index contributed by atoms with van der Waals surface area (Å²) in [5, 5.41) is 9.83. The van der Waals surface area contributed by atoms with Crippen LogP contribution < -0.4 is 14.2 Å². The van der Waals surface area contributed by atoms with Crippen molar-refractivity contribution in [1.29, 1.82) is 0 Å². The van der Waals surface area contributed by atoms with E-state index in [0.29, 0.717) is 30.8 Å². The van der Waals surface area contributed by atoms with Gasteiger partial charge in [0.1, 0.15) is 23.0 Å². The molecule has 2 aromatic carbocycles. The summed E-state index contributed by atoms with van der Waals surface area (Å²) in [6.07, 6.45) is -3.48. The highest BCUT2D eigenvalue weighted by molar-refractivity contribution is 5.47. The molecule has 27 heavy (non-hydrogen) atoms. The molecule has 0 amide bonds. The quantitative estimate of drug-likeness (QED) is 0.601. The monoisotopic (exact) mass is 384 g/mol. The summed E-state index contributed by atoms with van der Waals surface area (Å²) < 4.78 is 52.3. The second-order valence-corrected chi connectivity index (χ2v) is 5.89. The molecule has 148 valence electrons. The third-order valence-corrected chi connectivity index (χ3v) is 3.90. The van der Waals surface area contributed by atoms with E-state index in [4.69, 9.17) is 9.47 Å². The van der Waals surface area contributed by atoms with Crippen molar-refractivity contribution in [1.82, 2.24) is 0 Å². The van der Waals surface area contributed by atoms with Gasteiger partial charge in [-0.25, -0.2) is 0 Å². The Hall–Kier alpha value is -2.57. The smallest absolute Gasteiger partial charge is 0.508 e. The van der Waals surface area contributed by atoms with Crippen LogP contribution in [0, 0.1) is 0 Å². The van der Waals surface area contributed by atoms with Gasteiger partial charge >= 0.3 is 6.36 Å². The number of hydrogen-bond acceptors (Lipinski definition) is 4. The van der Waals surface area contributed by atoms with Crippen LogP contribution in [0.25, 0.3) is 0 Å². The predicted octanol–water partition coefficient (Wildman–Crippen LogP) is 5.61. The summed E-state index contributed by atoms with van der Waals surface area (Å²) in [5.74, 6) is 0.905. The molecule has 0 aliphatic rings. The van der Waals surface area contributed by atoms with E-state index in [0.717, 1.165) is 11.1 Å². The zero-order valence-corrected chi connectivity index (χ0v) is 15.5. The Morgan fingerprint density at radius 3 is 1.85 bits per heavy atom. The van der Waals surface area contributed by atoms with Gasteiger partial charge in [0.25, 0.3) is 0 Å². The van der Waals surface area contributed by atoms with Crippen molar-refractivity contribution in [2.45, 2.75) is 52.7 Å². The summed E-state index contributed by atoms with van der Waals surface area (Å²) in [4.78, 5) is 0. The molecule has 1 unspecified atom stereocenters. The minimum atomic E-state index is -4.73. The van der Waals surface area contributed by atoms with Crippen molar-refractivity contribution in [3.63, 3.8) is 0 Å². The average Bonchev–Trinajstić information content (AvgIpc) is 2.62. The maximum Gasteiger partial charge on any atom is 0.573 e. The van der Waals surface area contributed by atoms with Crippen LogP contribution in [-0.2, 0) is 12.8 Å². The Balaban J connectivity index is 2.14. The van der Waals surface area contributed by atoms with Crippen molar-refractivity contribution in [2.24, 2.45) is 0 Å². The van der Waals surface area contributed by atoms with E-state index in [1.165, 1.54) is 24.3 Å². The van der Waals surface area contributed by atoms with Crippen LogP contribution in [-0.4, -0.2) is 17.8 Å². The van der Waals surface area contributed by atoms with E-state index in [1.54, 1.807) is 12.1 Å². The van der Waals surface area contributed by atoms with Gasteiger partial charge in [0.05, 0.1) is 0 Å². The molecule has 0 saturated heterocycles. The fourth-order valence-electron chi connectivity index (χ4n) is 2.61. The SMILES string of the molecule is CCc1cc(O)cc(CC)c1OC(CC)Oc1ccc(OC(F)(F)F)cc1. The predicted molar refractivity (Wildman–Crippen MR) is 95.3 cm³/mol. The first kappa shape index (κ1) is 20.7. The van der Waals surface area contributed by atoms with Gasteiger partial charge in [0.2, 0.25) is 6.29 Å². The highest BCUT2D eigenvalue weighted by Gasteiger charge is 2.31. The number of rotatable bonds is 8. The van der Waals surface area contributed by atoms with Gasteiger partial charge in [0, 0.05) is 6.42 Å². The molecule has 0 bridgehead atoms. The first-order valence-electron chi connectivity index (χ1n) is 8.79. The van der Waals surface area contributed by atoms with E-state index in [2.05, 4.69) is 4.74 Å². The molecule has 0 fully saturated rings. The van der Waals surface area contributed by atoms with E-state index in [9.17, 15) is 18.3 Å². The summed E-state index contributed by atoms with van der Waals surface area (Å²) in [6.45, 7) is 5.80. The number of benzene rings is 2. The van der Waals surface area contributed by atoms with Crippen molar-refractivity contribution in [3.05, 3.63) is 47.5 Å². The van der Waals surface area contributed by atoms with Crippen molar-refractivity contribution in [2.75, 3.05) is 0 Å². The Bertz CT molecular complexity index is 717. The van der Waals surface area contributed by atoms with Gasteiger partial charge in [-0.3, -0.25) is 0 Å². The van der Waals surface area contributed by atoms with Gasteiger partial charge in [-0.15, -0.1) is 13.2 Å². The van der Waals surface area contributed by atoms with Crippen molar-refractivity contribution >= 4 is 0 Å². The molecule has 7 heteroatoms. The fourth-order valence-corrected chi connectivity index (χ4v) is 2.61. The number of alkyl halides is 3.